The molecule has 1 atom stereocenters. The predicted molar refractivity (Wildman–Crippen MR) is 86.4 cm³/mol. The molecule has 1 N–H and O–H groups in total. The molecule has 0 amide bonds. The van der Waals surface area contributed by atoms with Gasteiger partial charge >= 0.3 is 0 Å². The molecular weight excluding hydrogens is 262 g/mol. The zero-order chi connectivity index (χ0) is 15.1. The van der Waals surface area contributed by atoms with Crippen molar-refractivity contribution in [3.63, 3.8) is 0 Å². The molecule has 0 saturated heterocycles. The van der Waals surface area contributed by atoms with Crippen LogP contribution in [-0.4, -0.2) is 28.5 Å². The number of ether oxygens (including phenoxy) is 1. The number of rotatable bonds is 8. The molecule has 1 aliphatic rings. The van der Waals surface area contributed by atoms with Gasteiger partial charge in [-0.2, -0.15) is 5.10 Å². The maximum atomic E-state index is 6.35. The molecule has 1 fully saturated rings. The van der Waals surface area contributed by atoms with Gasteiger partial charge in [-0.3, -0.25) is 4.68 Å². The first kappa shape index (κ1) is 16.5. The van der Waals surface area contributed by atoms with Crippen molar-refractivity contribution in [3.8, 4) is 0 Å². The molecular formula is C17H31N3O. The topological polar surface area (TPSA) is 39.1 Å². The Labute approximate surface area is 129 Å². The minimum Gasteiger partial charge on any atom is -0.373 e. The Morgan fingerprint density at radius 2 is 2.05 bits per heavy atom. The van der Waals surface area contributed by atoms with Crippen molar-refractivity contribution in [2.24, 2.45) is 0 Å². The van der Waals surface area contributed by atoms with Crippen LogP contribution >= 0.6 is 0 Å². The Morgan fingerprint density at radius 3 is 2.67 bits per heavy atom. The SMILES string of the molecule is CCCNC(c1ccnn1CC)C1(OCC)CCCCC1. The molecule has 0 aromatic carbocycles. The van der Waals surface area contributed by atoms with E-state index in [1.54, 1.807) is 0 Å². The number of nitrogens with zero attached hydrogens (tertiary/aromatic N) is 2. The highest BCUT2D eigenvalue weighted by Crippen LogP contribution is 2.41. The van der Waals surface area contributed by atoms with Gasteiger partial charge in [-0.1, -0.05) is 26.2 Å². The van der Waals surface area contributed by atoms with Crippen molar-refractivity contribution >= 4 is 0 Å². The second kappa shape index (κ2) is 7.95. The van der Waals surface area contributed by atoms with Crippen molar-refractivity contribution in [1.82, 2.24) is 15.1 Å². The van der Waals surface area contributed by atoms with Crippen LogP contribution in [0.5, 0.6) is 0 Å². The number of hydrogen-bond donors (Lipinski definition) is 1. The Kier molecular flexibility index (Phi) is 6.24. The standard InChI is InChI=1S/C17H31N3O/c1-4-13-18-16(15-10-14-19-20(15)5-2)17(21-6-3)11-8-7-9-12-17/h10,14,16,18H,4-9,11-13H2,1-3H3. The van der Waals surface area contributed by atoms with Crippen LogP contribution < -0.4 is 5.32 Å². The minimum absolute atomic E-state index is 0.0604. The van der Waals surface area contributed by atoms with Crippen LogP contribution in [0, 0.1) is 0 Å². The van der Waals surface area contributed by atoms with E-state index in [9.17, 15) is 0 Å². The zero-order valence-electron chi connectivity index (χ0n) is 13.9. The molecule has 1 aromatic rings. The Morgan fingerprint density at radius 1 is 1.29 bits per heavy atom. The summed E-state index contributed by atoms with van der Waals surface area (Å²) in [7, 11) is 0. The lowest BCUT2D eigenvalue weighted by atomic mass is 9.77. The van der Waals surface area contributed by atoms with Crippen LogP contribution in [0.25, 0.3) is 0 Å². The van der Waals surface area contributed by atoms with E-state index < -0.39 is 0 Å². The summed E-state index contributed by atoms with van der Waals surface area (Å²) in [6.07, 6.45) is 9.23. The predicted octanol–water partition coefficient (Wildman–Crippen LogP) is 3.68. The Balaban J connectivity index is 2.31. The first-order chi connectivity index (χ1) is 10.3. The van der Waals surface area contributed by atoms with E-state index >= 15 is 0 Å². The molecule has 0 aliphatic heterocycles. The van der Waals surface area contributed by atoms with Crippen LogP contribution in [0.15, 0.2) is 12.3 Å². The van der Waals surface area contributed by atoms with E-state index in [1.165, 1.54) is 25.0 Å². The Hall–Kier alpha value is -0.870. The van der Waals surface area contributed by atoms with Gasteiger partial charge in [0.1, 0.15) is 0 Å². The lowest BCUT2D eigenvalue weighted by Gasteiger charge is -2.43. The molecule has 21 heavy (non-hydrogen) atoms. The maximum absolute atomic E-state index is 6.35. The monoisotopic (exact) mass is 293 g/mol. The summed E-state index contributed by atoms with van der Waals surface area (Å²) in [6.45, 7) is 9.20. The second-order valence-electron chi connectivity index (χ2n) is 6.02. The van der Waals surface area contributed by atoms with Gasteiger partial charge in [-0.15, -0.1) is 0 Å². The maximum Gasteiger partial charge on any atom is 0.0891 e. The first-order valence-electron chi connectivity index (χ1n) is 8.66. The summed E-state index contributed by atoms with van der Waals surface area (Å²) in [5, 5.41) is 8.23. The van der Waals surface area contributed by atoms with E-state index in [-0.39, 0.29) is 11.6 Å². The number of hydrogen-bond acceptors (Lipinski definition) is 3. The van der Waals surface area contributed by atoms with Crippen molar-refractivity contribution in [2.75, 3.05) is 13.2 Å². The number of nitrogens with one attached hydrogen (secondary N) is 1. The molecule has 2 rings (SSSR count). The van der Waals surface area contributed by atoms with Crippen LogP contribution in [0.3, 0.4) is 0 Å². The Bertz CT molecular complexity index is 404. The van der Waals surface area contributed by atoms with E-state index in [4.69, 9.17) is 4.74 Å². The summed E-state index contributed by atoms with van der Waals surface area (Å²) >= 11 is 0. The third kappa shape index (κ3) is 3.67. The molecule has 4 nitrogen and oxygen atoms in total. The minimum atomic E-state index is -0.0604. The van der Waals surface area contributed by atoms with Gasteiger partial charge in [-0.05, 0) is 45.7 Å². The van der Waals surface area contributed by atoms with E-state index in [1.807, 2.05) is 6.20 Å². The molecule has 4 heteroatoms. The van der Waals surface area contributed by atoms with Crippen LogP contribution in [0.4, 0.5) is 0 Å². The molecule has 1 unspecified atom stereocenters. The van der Waals surface area contributed by atoms with E-state index in [2.05, 4.69) is 41.9 Å². The van der Waals surface area contributed by atoms with E-state index in [0.29, 0.717) is 0 Å². The average Bonchev–Trinajstić information content (AvgIpc) is 2.97. The highest BCUT2D eigenvalue weighted by molar-refractivity contribution is 5.14. The molecule has 0 radical (unpaired) electrons. The van der Waals surface area contributed by atoms with Gasteiger partial charge in [0.2, 0.25) is 0 Å². The fourth-order valence-electron chi connectivity index (χ4n) is 3.66. The van der Waals surface area contributed by atoms with Gasteiger partial charge < -0.3 is 10.1 Å². The average molecular weight is 293 g/mol. The van der Waals surface area contributed by atoms with Gasteiger partial charge in [-0.25, -0.2) is 0 Å². The summed E-state index contributed by atoms with van der Waals surface area (Å²) < 4.78 is 8.46. The normalized spacial score (nSPS) is 19.6. The number of aromatic nitrogens is 2. The molecule has 0 spiro atoms. The zero-order valence-corrected chi connectivity index (χ0v) is 13.9. The largest absolute Gasteiger partial charge is 0.373 e. The lowest BCUT2D eigenvalue weighted by Crippen LogP contribution is -2.48. The first-order valence-corrected chi connectivity index (χ1v) is 8.66. The lowest BCUT2D eigenvalue weighted by molar-refractivity contribution is -0.0928. The summed E-state index contributed by atoms with van der Waals surface area (Å²) in [4.78, 5) is 0. The highest BCUT2D eigenvalue weighted by Gasteiger charge is 2.42. The molecule has 0 bridgehead atoms. The van der Waals surface area contributed by atoms with E-state index in [0.717, 1.165) is 39.0 Å². The smallest absolute Gasteiger partial charge is 0.0891 e. The molecule has 1 heterocycles. The molecule has 120 valence electrons. The van der Waals surface area contributed by atoms with Crippen molar-refractivity contribution in [3.05, 3.63) is 18.0 Å². The third-order valence-electron chi connectivity index (χ3n) is 4.60. The van der Waals surface area contributed by atoms with Crippen LogP contribution in [0.1, 0.15) is 71.0 Å². The summed E-state index contributed by atoms with van der Waals surface area (Å²) in [6, 6.07) is 2.41. The summed E-state index contributed by atoms with van der Waals surface area (Å²) in [5.74, 6) is 0. The van der Waals surface area contributed by atoms with Crippen molar-refractivity contribution < 1.29 is 4.74 Å². The fraction of sp³-hybridized carbons (Fsp3) is 0.824. The third-order valence-corrected chi connectivity index (χ3v) is 4.60. The second-order valence-corrected chi connectivity index (χ2v) is 6.02. The molecule has 1 aliphatic carbocycles. The van der Waals surface area contributed by atoms with Crippen LogP contribution in [0.2, 0.25) is 0 Å². The van der Waals surface area contributed by atoms with Crippen molar-refractivity contribution in [2.45, 2.75) is 77.5 Å². The molecule has 1 saturated carbocycles. The molecule has 1 aromatic heterocycles. The summed E-state index contributed by atoms with van der Waals surface area (Å²) in [5.41, 5.74) is 1.22. The van der Waals surface area contributed by atoms with Gasteiger partial charge in [0, 0.05) is 19.3 Å². The number of aryl methyl sites for hydroxylation is 1. The fourth-order valence-corrected chi connectivity index (χ4v) is 3.66. The van der Waals surface area contributed by atoms with Gasteiger partial charge in [0.25, 0.3) is 0 Å². The van der Waals surface area contributed by atoms with Crippen LogP contribution in [-0.2, 0) is 11.3 Å². The van der Waals surface area contributed by atoms with Gasteiger partial charge in [0.05, 0.1) is 17.3 Å². The van der Waals surface area contributed by atoms with Crippen molar-refractivity contribution in [1.29, 1.82) is 0 Å². The highest BCUT2D eigenvalue weighted by atomic mass is 16.5. The quantitative estimate of drug-likeness (QED) is 0.794. The van der Waals surface area contributed by atoms with Gasteiger partial charge in [0.15, 0.2) is 0 Å².